The molecule has 2 N–H and O–H groups in total. The number of benzene rings is 1. The summed E-state index contributed by atoms with van der Waals surface area (Å²) in [7, 11) is -2.01. The Hall–Kier alpha value is -1.70. The quantitative estimate of drug-likeness (QED) is 0.877. The Morgan fingerprint density at radius 1 is 1.24 bits per heavy atom. The highest BCUT2D eigenvalue weighted by Crippen LogP contribution is 2.25. The number of hydrogen-bond acceptors (Lipinski definition) is 5. The van der Waals surface area contributed by atoms with Gasteiger partial charge in [0.05, 0.1) is 4.90 Å². The van der Waals surface area contributed by atoms with E-state index in [1.54, 1.807) is 26.1 Å². The molecule has 6 nitrogen and oxygen atoms in total. The van der Waals surface area contributed by atoms with Gasteiger partial charge in [-0.1, -0.05) is 11.6 Å². The van der Waals surface area contributed by atoms with Crippen molar-refractivity contribution >= 4 is 27.6 Å². The van der Waals surface area contributed by atoms with Crippen molar-refractivity contribution in [1.29, 1.82) is 0 Å². The van der Waals surface area contributed by atoms with Crippen LogP contribution in [0.1, 0.15) is 11.1 Å². The number of sulfonamides is 1. The Morgan fingerprint density at radius 3 is 2.52 bits per heavy atom. The van der Waals surface area contributed by atoms with E-state index < -0.39 is 10.0 Å². The number of rotatable bonds is 5. The molecule has 0 amide bonds. The van der Waals surface area contributed by atoms with Crippen LogP contribution in [0.2, 0.25) is 5.02 Å². The van der Waals surface area contributed by atoms with Crippen molar-refractivity contribution < 1.29 is 8.42 Å². The van der Waals surface area contributed by atoms with E-state index in [2.05, 4.69) is 20.0 Å². The van der Waals surface area contributed by atoms with Crippen LogP contribution in [0.25, 0.3) is 0 Å². The second kappa shape index (κ2) is 6.38. The summed E-state index contributed by atoms with van der Waals surface area (Å²) in [5.74, 6) is 0.0204. The number of nitrogens with one attached hydrogen (secondary N) is 2. The molecule has 1 heterocycles. The SMILES string of the molecule is CNCc1cc(Cl)cc(S(=O)(=O)Nc2ncccn2)c1C. The molecule has 2 aromatic rings. The zero-order valence-electron chi connectivity index (χ0n) is 11.6. The van der Waals surface area contributed by atoms with Crippen molar-refractivity contribution in [1.82, 2.24) is 15.3 Å². The molecule has 0 fully saturated rings. The molecule has 0 radical (unpaired) electrons. The molecule has 0 saturated carbocycles. The lowest BCUT2D eigenvalue weighted by molar-refractivity contribution is 0.600. The van der Waals surface area contributed by atoms with Crippen molar-refractivity contribution in [2.45, 2.75) is 18.4 Å². The molecule has 0 spiro atoms. The molecule has 2 rings (SSSR count). The maximum Gasteiger partial charge on any atom is 0.264 e. The fourth-order valence-electron chi connectivity index (χ4n) is 1.89. The van der Waals surface area contributed by atoms with E-state index in [1.807, 2.05) is 0 Å². The lowest BCUT2D eigenvalue weighted by Gasteiger charge is -2.13. The predicted octanol–water partition coefficient (Wildman–Crippen LogP) is 1.96. The van der Waals surface area contributed by atoms with E-state index in [0.717, 1.165) is 5.56 Å². The molecule has 0 atom stereocenters. The maximum atomic E-state index is 12.5. The van der Waals surface area contributed by atoms with Gasteiger partial charge >= 0.3 is 0 Å². The third kappa shape index (κ3) is 3.69. The molecule has 0 aliphatic rings. The van der Waals surface area contributed by atoms with Crippen LogP contribution >= 0.6 is 11.6 Å². The van der Waals surface area contributed by atoms with E-state index in [1.165, 1.54) is 18.5 Å². The molecule has 0 saturated heterocycles. The Labute approximate surface area is 128 Å². The molecular formula is C13H15ClN4O2S. The summed E-state index contributed by atoms with van der Waals surface area (Å²) in [6.07, 6.45) is 2.92. The average molecular weight is 327 g/mol. The smallest absolute Gasteiger partial charge is 0.264 e. The molecule has 0 aliphatic heterocycles. The average Bonchev–Trinajstić information content (AvgIpc) is 2.43. The second-order valence-corrected chi connectivity index (χ2v) is 6.48. The topological polar surface area (TPSA) is 84.0 Å². The van der Waals surface area contributed by atoms with Crippen LogP contribution in [-0.2, 0) is 16.6 Å². The van der Waals surface area contributed by atoms with Gasteiger partial charge in [-0.3, -0.25) is 0 Å². The first-order valence-corrected chi connectivity index (χ1v) is 8.03. The van der Waals surface area contributed by atoms with Crippen LogP contribution < -0.4 is 10.0 Å². The number of hydrogen-bond donors (Lipinski definition) is 2. The summed E-state index contributed by atoms with van der Waals surface area (Å²) in [4.78, 5) is 7.83. The Morgan fingerprint density at radius 2 is 1.90 bits per heavy atom. The van der Waals surface area contributed by atoms with Gasteiger partial charge in [-0.05, 0) is 43.3 Å². The molecule has 0 unspecified atom stereocenters. The lowest BCUT2D eigenvalue weighted by atomic mass is 10.1. The van der Waals surface area contributed by atoms with Gasteiger partial charge < -0.3 is 5.32 Å². The predicted molar refractivity (Wildman–Crippen MR) is 81.8 cm³/mol. The third-order valence-corrected chi connectivity index (χ3v) is 4.55. The Bertz CT molecular complexity index is 735. The summed E-state index contributed by atoms with van der Waals surface area (Å²) in [5.41, 5.74) is 1.46. The maximum absolute atomic E-state index is 12.5. The highest BCUT2D eigenvalue weighted by Gasteiger charge is 2.20. The minimum atomic E-state index is -3.79. The van der Waals surface area contributed by atoms with Gasteiger partial charge in [-0.15, -0.1) is 0 Å². The monoisotopic (exact) mass is 326 g/mol. The van der Waals surface area contributed by atoms with Crippen molar-refractivity contribution in [3.05, 3.63) is 46.7 Å². The minimum absolute atomic E-state index is 0.0204. The first-order valence-electron chi connectivity index (χ1n) is 6.17. The van der Waals surface area contributed by atoms with Gasteiger partial charge in [0, 0.05) is 24.0 Å². The summed E-state index contributed by atoms with van der Waals surface area (Å²) in [5, 5.41) is 3.34. The van der Waals surface area contributed by atoms with Gasteiger partial charge in [0.1, 0.15) is 0 Å². The zero-order valence-corrected chi connectivity index (χ0v) is 13.2. The largest absolute Gasteiger partial charge is 0.316 e. The van der Waals surface area contributed by atoms with E-state index >= 15 is 0 Å². The molecule has 0 bridgehead atoms. The zero-order chi connectivity index (χ0) is 15.5. The molecule has 21 heavy (non-hydrogen) atoms. The highest BCUT2D eigenvalue weighted by molar-refractivity contribution is 7.92. The van der Waals surface area contributed by atoms with Crippen LogP contribution in [0.5, 0.6) is 0 Å². The first kappa shape index (κ1) is 15.7. The molecule has 8 heteroatoms. The van der Waals surface area contributed by atoms with Gasteiger partial charge in [0.2, 0.25) is 5.95 Å². The fourth-order valence-corrected chi connectivity index (χ4v) is 3.47. The third-order valence-electron chi connectivity index (χ3n) is 2.88. The van der Waals surface area contributed by atoms with E-state index in [-0.39, 0.29) is 10.8 Å². The highest BCUT2D eigenvalue weighted by atomic mass is 35.5. The molecule has 112 valence electrons. The summed E-state index contributed by atoms with van der Waals surface area (Å²) in [6.45, 7) is 2.26. The van der Waals surface area contributed by atoms with E-state index in [0.29, 0.717) is 17.1 Å². The fraction of sp³-hybridized carbons (Fsp3) is 0.231. The number of nitrogens with zero attached hydrogens (tertiary/aromatic N) is 2. The Kier molecular flexibility index (Phi) is 4.76. The van der Waals surface area contributed by atoms with Crippen LogP contribution in [0.3, 0.4) is 0 Å². The first-order chi connectivity index (χ1) is 9.94. The van der Waals surface area contributed by atoms with Crippen LogP contribution in [-0.4, -0.2) is 25.4 Å². The van der Waals surface area contributed by atoms with Crippen LogP contribution in [0.15, 0.2) is 35.5 Å². The number of aromatic nitrogens is 2. The van der Waals surface area contributed by atoms with Crippen molar-refractivity contribution in [2.24, 2.45) is 0 Å². The molecule has 1 aromatic heterocycles. The van der Waals surface area contributed by atoms with Crippen LogP contribution in [0, 0.1) is 6.92 Å². The van der Waals surface area contributed by atoms with Crippen molar-refractivity contribution in [3.8, 4) is 0 Å². The van der Waals surface area contributed by atoms with Gasteiger partial charge in [-0.25, -0.2) is 23.1 Å². The van der Waals surface area contributed by atoms with Crippen molar-refractivity contribution in [2.75, 3.05) is 11.8 Å². The number of anilines is 1. The molecular weight excluding hydrogens is 312 g/mol. The number of halogens is 1. The summed E-state index contributed by atoms with van der Waals surface area (Å²) in [6, 6.07) is 4.76. The van der Waals surface area contributed by atoms with Gasteiger partial charge in [0.25, 0.3) is 10.0 Å². The molecule has 1 aromatic carbocycles. The van der Waals surface area contributed by atoms with Crippen LogP contribution in [0.4, 0.5) is 5.95 Å². The van der Waals surface area contributed by atoms with E-state index in [9.17, 15) is 8.42 Å². The van der Waals surface area contributed by atoms with Gasteiger partial charge in [-0.2, -0.15) is 0 Å². The molecule has 0 aliphatic carbocycles. The van der Waals surface area contributed by atoms with Crippen molar-refractivity contribution in [3.63, 3.8) is 0 Å². The summed E-state index contributed by atoms with van der Waals surface area (Å²) >= 11 is 6.02. The standard InChI is InChI=1S/C13H15ClN4O2S/c1-9-10(8-15-2)6-11(14)7-12(9)21(19,20)18-13-16-4-3-5-17-13/h3-7,15H,8H2,1-2H3,(H,16,17,18). The minimum Gasteiger partial charge on any atom is -0.316 e. The van der Waals surface area contributed by atoms with Gasteiger partial charge in [0.15, 0.2) is 0 Å². The Balaban J connectivity index is 2.45. The normalized spacial score (nSPS) is 11.4. The van der Waals surface area contributed by atoms with E-state index in [4.69, 9.17) is 11.6 Å². The second-order valence-electron chi connectivity index (χ2n) is 4.40. The summed E-state index contributed by atoms with van der Waals surface area (Å²) < 4.78 is 27.3. The lowest BCUT2D eigenvalue weighted by Crippen LogP contribution is -2.17.